The third-order valence-electron chi connectivity index (χ3n) is 4.00. The molecule has 0 saturated carbocycles. The van der Waals surface area contributed by atoms with Crippen LogP contribution in [0.3, 0.4) is 0 Å². The van der Waals surface area contributed by atoms with Gasteiger partial charge in [-0.05, 0) is 12.8 Å². The maximum absolute atomic E-state index is 9.64. The van der Waals surface area contributed by atoms with E-state index in [1.54, 1.807) is 11.3 Å². The summed E-state index contributed by atoms with van der Waals surface area (Å²) in [6, 6.07) is 10.2. The third-order valence-corrected chi connectivity index (χ3v) is 5.10. The number of benzene rings is 1. The molecule has 2 heterocycles. The molecule has 2 aromatic rings. The number of hydrogen-bond acceptors (Lipinski definition) is 4. The van der Waals surface area contributed by atoms with Gasteiger partial charge in [-0.2, -0.15) is 0 Å². The molecule has 0 unspecified atom stereocenters. The summed E-state index contributed by atoms with van der Waals surface area (Å²) >= 11 is 1.64. The molecule has 0 aliphatic carbocycles. The first-order valence-corrected chi connectivity index (χ1v) is 8.61. The molecule has 0 amide bonds. The zero-order valence-electron chi connectivity index (χ0n) is 12.3. The van der Waals surface area contributed by atoms with Gasteiger partial charge in [0.2, 0.25) is 0 Å². The maximum atomic E-state index is 9.64. The highest BCUT2D eigenvalue weighted by Gasteiger charge is 2.17. The molecule has 21 heavy (non-hydrogen) atoms. The Kier molecular flexibility index (Phi) is 4.88. The zero-order chi connectivity index (χ0) is 14.5. The van der Waals surface area contributed by atoms with Crippen LogP contribution in [0, 0.1) is 0 Å². The fourth-order valence-corrected chi connectivity index (χ4v) is 3.84. The predicted molar refractivity (Wildman–Crippen MR) is 88.8 cm³/mol. The van der Waals surface area contributed by atoms with E-state index in [4.69, 9.17) is 4.98 Å². The van der Waals surface area contributed by atoms with Crippen molar-refractivity contribution >= 4 is 16.5 Å². The molecule has 0 spiro atoms. The van der Waals surface area contributed by atoms with Crippen LogP contribution in [0.4, 0.5) is 5.13 Å². The monoisotopic (exact) mass is 302 g/mol. The van der Waals surface area contributed by atoms with Crippen LogP contribution in [-0.2, 0) is 6.61 Å². The van der Waals surface area contributed by atoms with Gasteiger partial charge >= 0.3 is 0 Å². The lowest BCUT2D eigenvalue weighted by Gasteiger charge is -2.23. The number of hydrogen-bond donors (Lipinski definition) is 1. The van der Waals surface area contributed by atoms with E-state index < -0.39 is 0 Å². The van der Waals surface area contributed by atoms with Gasteiger partial charge in [0.05, 0.1) is 17.2 Å². The van der Waals surface area contributed by atoms with Gasteiger partial charge in [-0.25, -0.2) is 4.98 Å². The number of aliphatic hydroxyl groups is 1. The van der Waals surface area contributed by atoms with Crippen molar-refractivity contribution in [1.82, 2.24) is 4.98 Å². The summed E-state index contributed by atoms with van der Waals surface area (Å²) in [5.74, 6) is 0. The average molecular weight is 302 g/mol. The van der Waals surface area contributed by atoms with Crippen LogP contribution >= 0.6 is 11.3 Å². The van der Waals surface area contributed by atoms with Crippen molar-refractivity contribution in [2.24, 2.45) is 0 Å². The van der Waals surface area contributed by atoms with Crippen molar-refractivity contribution < 1.29 is 5.11 Å². The molecule has 1 N–H and O–H groups in total. The molecule has 3 rings (SSSR count). The summed E-state index contributed by atoms with van der Waals surface area (Å²) in [6.07, 6.45) is 6.49. The number of anilines is 1. The summed E-state index contributed by atoms with van der Waals surface area (Å²) in [7, 11) is 0. The highest BCUT2D eigenvalue weighted by Crippen LogP contribution is 2.33. The van der Waals surface area contributed by atoms with E-state index in [1.807, 2.05) is 18.2 Å². The molecular weight excluding hydrogens is 280 g/mol. The van der Waals surface area contributed by atoms with Crippen molar-refractivity contribution in [3.8, 4) is 11.3 Å². The number of rotatable bonds is 3. The van der Waals surface area contributed by atoms with Crippen molar-refractivity contribution in [2.75, 3.05) is 18.0 Å². The Labute approximate surface area is 130 Å². The van der Waals surface area contributed by atoms with Gasteiger partial charge in [-0.15, -0.1) is 0 Å². The van der Waals surface area contributed by atoms with E-state index in [9.17, 15) is 5.11 Å². The standard InChI is InChI=1S/C17H22N2OS/c20-13-15-16(14-9-5-4-6-10-14)18-17(21-15)19-11-7-2-1-3-8-12-19/h4-6,9-10,20H,1-3,7-8,11-13H2. The number of nitrogens with zero attached hydrogens (tertiary/aromatic N) is 2. The molecule has 1 aromatic heterocycles. The molecule has 4 heteroatoms. The van der Waals surface area contributed by atoms with Crippen LogP contribution in [0.15, 0.2) is 30.3 Å². The normalized spacial score (nSPS) is 16.5. The minimum atomic E-state index is 0.0652. The third kappa shape index (κ3) is 3.44. The van der Waals surface area contributed by atoms with Crippen molar-refractivity contribution in [2.45, 2.75) is 38.7 Å². The lowest BCUT2D eigenvalue weighted by atomic mass is 10.1. The van der Waals surface area contributed by atoms with Crippen molar-refractivity contribution in [3.05, 3.63) is 35.2 Å². The maximum Gasteiger partial charge on any atom is 0.186 e. The number of aliphatic hydroxyl groups excluding tert-OH is 1. The Morgan fingerprint density at radius 1 is 1.00 bits per heavy atom. The minimum Gasteiger partial charge on any atom is -0.391 e. The Bertz CT molecular complexity index is 559. The lowest BCUT2D eigenvalue weighted by molar-refractivity contribution is 0.286. The van der Waals surface area contributed by atoms with E-state index in [1.165, 1.54) is 32.1 Å². The second-order valence-electron chi connectivity index (χ2n) is 5.55. The van der Waals surface area contributed by atoms with Gasteiger partial charge in [0.25, 0.3) is 0 Å². The van der Waals surface area contributed by atoms with Gasteiger partial charge < -0.3 is 10.0 Å². The van der Waals surface area contributed by atoms with E-state index in [2.05, 4.69) is 17.0 Å². The molecule has 1 fully saturated rings. The fourth-order valence-electron chi connectivity index (χ4n) is 2.84. The van der Waals surface area contributed by atoms with Crippen LogP contribution in [0.5, 0.6) is 0 Å². The van der Waals surface area contributed by atoms with Crippen LogP contribution in [-0.4, -0.2) is 23.2 Å². The summed E-state index contributed by atoms with van der Waals surface area (Å²) in [5.41, 5.74) is 2.04. The SMILES string of the molecule is OCc1sc(N2CCCCCCC2)nc1-c1ccccc1. The second-order valence-corrected chi connectivity index (χ2v) is 6.61. The molecule has 1 aliphatic heterocycles. The first kappa shape index (κ1) is 14.5. The fraction of sp³-hybridized carbons (Fsp3) is 0.471. The Hall–Kier alpha value is -1.39. The number of thiazole rings is 1. The Morgan fingerprint density at radius 3 is 2.33 bits per heavy atom. The summed E-state index contributed by atoms with van der Waals surface area (Å²) < 4.78 is 0. The summed E-state index contributed by atoms with van der Waals surface area (Å²) in [6.45, 7) is 2.24. The molecule has 0 radical (unpaired) electrons. The quantitative estimate of drug-likeness (QED) is 0.928. The molecule has 3 nitrogen and oxygen atoms in total. The Balaban J connectivity index is 1.88. The first-order valence-electron chi connectivity index (χ1n) is 7.79. The van der Waals surface area contributed by atoms with Gasteiger partial charge in [-0.1, -0.05) is 60.9 Å². The molecular formula is C17H22N2OS. The minimum absolute atomic E-state index is 0.0652. The lowest BCUT2D eigenvalue weighted by Crippen LogP contribution is -2.26. The van der Waals surface area contributed by atoms with Crippen molar-refractivity contribution in [3.63, 3.8) is 0 Å². The van der Waals surface area contributed by atoms with Crippen molar-refractivity contribution in [1.29, 1.82) is 0 Å². The topological polar surface area (TPSA) is 36.4 Å². The summed E-state index contributed by atoms with van der Waals surface area (Å²) in [5, 5.41) is 10.7. The summed E-state index contributed by atoms with van der Waals surface area (Å²) in [4.78, 5) is 8.20. The van der Waals surface area contributed by atoms with Crippen LogP contribution < -0.4 is 4.90 Å². The van der Waals surface area contributed by atoms with Gasteiger partial charge in [0.15, 0.2) is 5.13 Å². The van der Waals surface area contributed by atoms with Gasteiger partial charge in [0, 0.05) is 18.7 Å². The average Bonchev–Trinajstić information content (AvgIpc) is 2.92. The molecule has 1 aliphatic rings. The second kappa shape index (κ2) is 7.05. The predicted octanol–water partition coefficient (Wildman–Crippen LogP) is 4.07. The zero-order valence-corrected chi connectivity index (χ0v) is 13.1. The Morgan fingerprint density at radius 2 is 1.67 bits per heavy atom. The van der Waals surface area contributed by atoms with E-state index >= 15 is 0 Å². The van der Waals surface area contributed by atoms with E-state index in [0.29, 0.717) is 0 Å². The van der Waals surface area contributed by atoms with Crippen LogP contribution in [0.25, 0.3) is 11.3 Å². The van der Waals surface area contributed by atoms with E-state index in [-0.39, 0.29) is 6.61 Å². The highest BCUT2D eigenvalue weighted by molar-refractivity contribution is 7.16. The molecule has 0 bridgehead atoms. The van der Waals surface area contributed by atoms with E-state index in [0.717, 1.165) is 34.4 Å². The molecule has 1 aromatic carbocycles. The smallest absolute Gasteiger partial charge is 0.186 e. The molecule has 0 atom stereocenters. The van der Waals surface area contributed by atoms with Crippen LogP contribution in [0.2, 0.25) is 0 Å². The van der Waals surface area contributed by atoms with Crippen LogP contribution in [0.1, 0.15) is 37.0 Å². The highest BCUT2D eigenvalue weighted by atomic mass is 32.1. The first-order chi connectivity index (χ1) is 10.4. The molecule has 1 saturated heterocycles. The number of aromatic nitrogens is 1. The van der Waals surface area contributed by atoms with Gasteiger partial charge in [0.1, 0.15) is 0 Å². The molecule has 112 valence electrons. The largest absolute Gasteiger partial charge is 0.391 e. The van der Waals surface area contributed by atoms with Gasteiger partial charge in [-0.3, -0.25) is 0 Å².